The minimum atomic E-state index is -0.219. The molecule has 18 heavy (non-hydrogen) atoms. The summed E-state index contributed by atoms with van der Waals surface area (Å²) in [5.41, 5.74) is 0.808. The van der Waals surface area contributed by atoms with E-state index in [1.807, 2.05) is 42.5 Å². The number of carbonyl (C=O) groups is 1. The van der Waals surface area contributed by atoms with Crippen molar-refractivity contribution in [3.05, 3.63) is 42.5 Å². The molecule has 4 nitrogen and oxygen atoms in total. The Hall–Kier alpha value is -2.07. The lowest BCUT2D eigenvalue weighted by Crippen LogP contribution is -2.31. The fourth-order valence-electron chi connectivity index (χ4n) is 1.77. The summed E-state index contributed by atoms with van der Waals surface area (Å²) in [6, 6.07) is 13.5. The Morgan fingerprint density at radius 1 is 1.17 bits per heavy atom. The van der Waals surface area contributed by atoms with Crippen molar-refractivity contribution in [3.8, 4) is 0 Å². The van der Waals surface area contributed by atoms with Crippen molar-refractivity contribution in [1.82, 2.24) is 5.32 Å². The van der Waals surface area contributed by atoms with Gasteiger partial charge in [-0.1, -0.05) is 36.4 Å². The van der Waals surface area contributed by atoms with Gasteiger partial charge in [-0.25, -0.2) is 4.79 Å². The maximum absolute atomic E-state index is 11.7. The van der Waals surface area contributed by atoms with Crippen LogP contribution in [0.5, 0.6) is 0 Å². The van der Waals surface area contributed by atoms with Gasteiger partial charge in [-0.15, -0.1) is 0 Å². The van der Waals surface area contributed by atoms with Crippen molar-refractivity contribution in [1.29, 1.82) is 0 Å². The summed E-state index contributed by atoms with van der Waals surface area (Å²) in [6.45, 7) is 0.996. The van der Waals surface area contributed by atoms with Gasteiger partial charge in [0.2, 0.25) is 0 Å². The SMILES string of the molecule is COCCNC(=O)Nc1cccc2ccccc12. The van der Waals surface area contributed by atoms with E-state index in [0.29, 0.717) is 13.2 Å². The number of fused-ring (bicyclic) bond motifs is 1. The fourth-order valence-corrected chi connectivity index (χ4v) is 1.77. The molecule has 0 aliphatic heterocycles. The topological polar surface area (TPSA) is 50.4 Å². The van der Waals surface area contributed by atoms with Crippen LogP contribution in [0.15, 0.2) is 42.5 Å². The number of rotatable bonds is 4. The van der Waals surface area contributed by atoms with E-state index in [0.717, 1.165) is 16.5 Å². The molecule has 0 heterocycles. The lowest BCUT2D eigenvalue weighted by atomic mass is 10.1. The monoisotopic (exact) mass is 244 g/mol. The maximum atomic E-state index is 11.7. The van der Waals surface area contributed by atoms with E-state index >= 15 is 0 Å². The average Bonchev–Trinajstić information content (AvgIpc) is 2.39. The van der Waals surface area contributed by atoms with Gasteiger partial charge in [0.25, 0.3) is 0 Å². The maximum Gasteiger partial charge on any atom is 0.319 e. The van der Waals surface area contributed by atoms with Gasteiger partial charge in [0.1, 0.15) is 0 Å². The number of hydrogen-bond donors (Lipinski definition) is 2. The predicted molar refractivity (Wildman–Crippen MR) is 72.8 cm³/mol. The van der Waals surface area contributed by atoms with Crippen LogP contribution in [-0.4, -0.2) is 26.3 Å². The van der Waals surface area contributed by atoms with Crippen LogP contribution >= 0.6 is 0 Å². The Morgan fingerprint density at radius 3 is 2.78 bits per heavy atom. The molecule has 4 heteroatoms. The van der Waals surface area contributed by atoms with E-state index in [2.05, 4.69) is 10.6 Å². The average molecular weight is 244 g/mol. The number of anilines is 1. The molecule has 0 saturated carbocycles. The molecule has 0 spiro atoms. The van der Waals surface area contributed by atoms with E-state index in [1.54, 1.807) is 7.11 Å². The lowest BCUT2D eigenvalue weighted by molar-refractivity contribution is 0.198. The van der Waals surface area contributed by atoms with Gasteiger partial charge in [-0.05, 0) is 11.5 Å². The molecule has 0 unspecified atom stereocenters. The van der Waals surface area contributed by atoms with Crippen LogP contribution in [0.25, 0.3) is 10.8 Å². The third-order valence-corrected chi connectivity index (χ3v) is 2.63. The molecule has 2 rings (SSSR count). The number of urea groups is 1. The Labute approximate surface area is 106 Å². The number of nitrogens with one attached hydrogen (secondary N) is 2. The highest BCUT2D eigenvalue weighted by atomic mass is 16.5. The fraction of sp³-hybridized carbons (Fsp3) is 0.214. The number of amides is 2. The van der Waals surface area contributed by atoms with Gasteiger partial charge < -0.3 is 15.4 Å². The van der Waals surface area contributed by atoms with Gasteiger partial charge in [0.05, 0.1) is 12.3 Å². The van der Waals surface area contributed by atoms with Crippen molar-refractivity contribution in [2.24, 2.45) is 0 Å². The summed E-state index contributed by atoms with van der Waals surface area (Å²) in [4.78, 5) is 11.7. The second-order valence-corrected chi connectivity index (χ2v) is 3.90. The van der Waals surface area contributed by atoms with E-state index in [9.17, 15) is 4.79 Å². The first-order chi connectivity index (χ1) is 8.81. The normalized spacial score (nSPS) is 10.3. The third-order valence-electron chi connectivity index (χ3n) is 2.63. The first-order valence-corrected chi connectivity index (χ1v) is 5.83. The molecule has 0 fully saturated rings. The predicted octanol–water partition coefficient (Wildman–Crippen LogP) is 2.61. The molecule has 0 atom stereocenters. The molecule has 2 aromatic rings. The molecule has 0 aromatic heterocycles. The molecule has 94 valence electrons. The van der Waals surface area contributed by atoms with Crippen molar-refractivity contribution < 1.29 is 9.53 Å². The standard InChI is InChI=1S/C14H16N2O2/c1-18-10-9-15-14(17)16-13-8-4-6-11-5-2-3-7-12(11)13/h2-8H,9-10H2,1H3,(H2,15,16,17). The van der Waals surface area contributed by atoms with Gasteiger partial charge in [0, 0.05) is 19.0 Å². The molecule has 0 aliphatic carbocycles. The Morgan fingerprint density at radius 2 is 1.94 bits per heavy atom. The highest BCUT2D eigenvalue weighted by Crippen LogP contribution is 2.22. The van der Waals surface area contributed by atoms with Crippen molar-refractivity contribution in [2.75, 3.05) is 25.6 Å². The van der Waals surface area contributed by atoms with E-state index in [-0.39, 0.29) is 6.03 Å². The Kier molecular flexibility index (Phi) is 4.15. The van der Waals surface area contributed by atoms with Gasteiger partial charge in [-0.3, -0.25) is 0 Å². The van der Waals surface area contributed by atoms with Crippen LogP contribution in [0.3, 0.4) is 0 Å². The number of ether oxygens (including phenoxy) is 1. The molecule has 0 saturated heterocycles. The summed E-state index contributed by atoms with van der Waals surface area (Å²) < 4.78 is 4.87. The Bertz CT molecular complexity index is 535. The summed E-state index contributed by atoms with van der Waals surface area (Å²) >= 11 is 0. The molecule has 2 N–H and O–H groups in total. The minimum Gasteiger partial charge on any atom is -0.383 e. The molecular formula is C14H16N2O2. The summed E-state index contributed by atoms with van der Waals surface area (Å²) in [7, 11) is 1.60. The molecule has 2 aromatic carbocycles. The first kappa shape index (κ1) is 12.4. The van der Waals surface area contributed by atoms with Crippen LogP contribution in [0.4, 0.5) is 10.5 Å². The van der Waals surface area contributed by atoms with Crippen LogP contribution < -0.4 is 10.6 Å². The quantitative estimate of drug-likeness (QED) is 0.812. The van der Waals surface area contributed by atoms with Crippen LogP contribution in [0.2, 0.25) is 0 Å². The molecule has 2 amide bonds. The molecule has 0 bridgehead atoms. The summed E-state index contributed by atoms with van der Waals surface area (Å²) in [5, 5.41) is 7.69. The largest absolute Gasteiger partial charge is 0.383 e. The van der Waals surface area contributed by atoms with Gasteiger partial charge >= 0.3 is 6.03 Å². The van der Waals surface area contributed by atoms with Crippen LogP contribution in [0, 0.1) is 0 Å². The second kappa shape index (κ2) is 6.02. The number of methoxy groups -OCH3 is 1. The highest BCUT2D eigenvalue weighted by Gasteiger charge is 2.04. The third kappa shape index (κ3) is 2.99. The molecule has 0 aliphatic rings. The Balaban J connectivity index is 2.09. The zero-order valence-electron chi connectivity index (χ0n) is 10.3. The first-order valence-electron chi connectivity index (χ1n) is 5.83. The summed E-state index contributed by atoms with van der Waals surface area (Å²) in [6.07, 6.45) is 0. The van der Waals surface area contributed by atoms with Crippen LogP contribution in [-0.2, 0) is 4.74 Å². The lowest BCUT2D eigenvalue weighted by Gasteiger charge is -2.09. The van der Waals surface area contributed by atoms with Crippen molar-refractivity contribution in [3.63, 3.8) is 0 Å². The summed E-state index contributed by atoms with van der Waals surface area (Å²) in [5.74, 6) is 0. The molecule has 0 radical (unpaired) electrons. The van der Waals surface area contributed by atoms with E-state index < -0.39 is 0 Å². The minimum absolute atomic E-state index is 0.219. The van der Waals surface area contributed by atoms with Crippen molar-refractivity contribution in [2.45, 2.75) is 0 Å². The number of benzene rings is 2. The van der Waals surface area contributed by atoms with Crippen molar-refractivity contribution >= 4 is 22.5 Å². The zero-order chi connectivity index (χ0) is 12.8. The van der Waals surface area contributed by atoms with E-state index in [1.165, 1.54) is 0 Å². The smallest absolute Gasteiger partial charge is 0.319 e. The van der Waals surface area contributed by atoms with Gasteiger partial charge in [-0.2, -0.15) is 0 Å². The van der Waals surface area contributed by atoms with Gasteiger partial charge in [0.15, 0.2) is 0 Å². The molecular weight excluding hydrogens is 228 g/mol. The second-order valence-electron chi connectivity index (χ2n) is 3.90. The van der Waals surface area contributed by atoms with Crippen LogP contribution in [0.1, 0.15) is 0 Å². The highest BCUT2D eigenvalue weighted by molar-refractivity contribution is 6.01. The number of hydrogen-bond acceptors (Lipinski definition) is 2. The number of carbonyl (C=O) groups excluding carboxylic acids is 1. The zero-order valence-corrected chi connectivity index (χ0v) is 10.3. The van der Waals surface area contributed by atoms with E-state index in [4.69, 9.17) is 4.74 Å².